The van der Waals surface area contributed by atoms with Crippen LogP contribution >= 0.6 is 12.2 Å². The van der Waals surface area contributed by atoms with E-state index >= 15 is 0 Å². The summed E-state index contributed by atoms with van der Waals surface area (Å²) in [7, 11) is 0. The first-order valence-electron chi connectivity index (χ1n) is 12.1. The van der Waals surface area contributed by atoms with Crippen molar-refractivity contribution in [3.8, 4) is 0 Å². The summed E-state index contributed by atoms with van der Waals surface area (Å²) < 4.78 is 16.4. The Labute approximate surface area is 213 Å². The van der Waals surface area contributed by atoms with Crippen molar-refractivity contribution in [2.24, 2.45) is 5.73 Å². The van der Waals surface area contributed by atoms with Crippen LogP contribution in [0.25, 0.3) is 10.9 Å². The van der Waals surface area contributed by atoms with E-state index in [1.54, 1.807) is 12.3 Å². The molecule has 0 radical (unpaired) electrons. The lowest BCUT2D eigenvalue weighted by Gasteiger charge is -2.30. The van der Waals surface area contributed by atoms with Gasteiger partial charge in [0, 0.05) is 61.3 Å². The summed E-state index contributed by atoms with van der Waals surface area (Å²) in [4.78, 5) is 30.4. The molecule has 1 aromatic carbocycles. The van der Waals surface area contributed by atoms with Crippen LogP contribution in [-0.2, 0) is 6.42 Å². The second-order valence-electron chi connectivity index (χ2n) is 9.02. The van der Waals surface area contributed by atoms with Crippen LogP contribution in [0.1, 0.15) is 53.8 Å². The third-order valence-corrected chi connectivity index (χ3v) is 6.57. The number of hydrogen-bond donors (Lipinski definition) is 3. The van der Waals surface area contributed by atoms with Crippen LogP contribution < -0.4 is 21.4 Å². The number of fused-ring (bicyclic) bond motifs is 1. The molecule has 0 amide bonds. The summed E-state index contributed by atoms with van der Waals surface area (Å²) in [6.45, 7) is 5.08. The number of thiocarbonyl (C=S) groups is 1. The number of aromatic carboxylic acids is 1. The first-order valence-corrected chi connectivity index (χ1v) is 12.5. The summed E-state index contributed by atoms with van der Waals surface area (Å²) in [5.41, 5.74) is 7.61. The summed E-state index contributed by atoms with van der Waals surface area (Å²) in [5, 5.41) is 12.6. The van der Waals surface area contributed by atoms with E-state index in [0.29, 0.717) is 29.3 Å². The van der Waals surface area contributed by atoms with Gasteiger partial charge in [0.15, 0.2) is 0 Å². The van der Waals surface area contributed by atoms with Gasteiger partial charge in [-0.15, -0.1) is 0 Å². The molecule has 4 N–H and O–H groups in total. The molecular weight excluding hydrogens is 481 g/mol. The molecule has 2 fully saturated rings. The molecule has 1 saturated carbocycles. The van der Waals surface area contributed by atoms with Crippen LogP contribution in [0.4, 0.5) is 10.1 Å². The standard InChI is InChI=1S/C17H18FN3O3.C9H12N2S/c18-13-7-11-14(8-15(13)20-5-3-19-4-6-20)21(10-1-2-10)9-12(16(11)22)17(23)24;1-2-3-8-6-7(9(10)12)4-5-11-8/h7-10,19H,1-6H2,(H,23,24);4-6H,2-3H2,1H3,(H2,10,12). The second kappa shape index (κ2) is 11.1. The van der Waals surface area contributed by atoms with Crippen molar-refractivity contribution < 1.29 is 14.3 Å². The van der Waals surface area contributed by atoms with Crippen molar-refractivity contribution in [3.05, 3.63) is 69.5 Å². The summed E-state index contributed by atoms with van der Waals surface area (Å²) in [6.07, 6.45) is 7.11. The number of pyridine rings is 2. The van der Waals surface area contributed by atoms with E-state index in [9.17, 15) is 19.1 Å². The SMILES string of the molecule is CCCc1cc(C(N)=S)ccn1.O=C(O)c1cn(C2CC2)c2cc(N3CCNCC3)c(F)cc2c1=O. The lowest BCUT2D eigenvalue weighted by atomic mass is 10.1. The van der Waals surface area contributed by atoms with Gasteiger partial charge in [0.1, 0.15) is 16.4 Å². The molecule has 3 heterocycles. The lowest BCUT2D eigenvalue weighted by molar-refractivity contribution is 0.0695. The maximum absolute atomic E-state index is 14.6. The van der Waals surface area contributed by atoms with Gasteiger partial charge in [0.05, 0.1) is 11.2 Å². The number of anilines is 1. The largest absolute Gasteiger partial charge is 0.477 e. The van der Waals surface area contributed by atoms with Gasteiger partial charge >= 0.3 is 5.97 Å². The summed E-state index contributed by atoms with van der Waals surface area (Å²) in [6, 6.07) is 6.86. The Balaban J connectivity index is 0.000000214. The Hall–Kier alpha value is -3.37. The number of aromatic nitrogens is 2. The highest BCUT2D eigenvalue weighted by atomic mass is 32.1. The van der Waals surface area contributed by atoms with Crippen molar-refractivity contribution >= 4 is 39.8 Å². The van der Waals surface area contributed by atoms with Crippen LogP contribution in [0, 0.1) is 5.82 Å². The minimum atomic E-state index is -1.28. The van der Waals surface area contributed by atoms with Crippen molar-refractivity contribution in [2.75, 3.05) is 31.1 Å². The Morgan fingerprint density at radius 1 is 1.28 bits per heavy atom. The molecule has 5 rings (SSSR count). The average molecular weight is 512 g/mol. The van der Waals surface area contributed by atoms with E-state index in [1.165, 1.54) is 12.3 Å². The van der Waals surface area contributed by atoms with E-state index in [-0.39, 0.29) is 17.0 Å². The number of hydrogen-bond acceptors (Lipinski definition) is 6. The normalized spacial score (nSPS) is 15.3. The van der Waals surface area contributed by atoms with Gasteiger partial charge in [0.2, 0.25) is 5.43 Å². The molecule has 0 unspecified atom stereocenters. The van der Waals surface area contributed by atoms with E-state index < -0.39 is 17.2 Å². The predicted octanol–water partition coefficient (Wildman–Crippen LogP) is 3.25. The zero-order chi connectivity index (χ0) is 25.8. The van der Waals surface area contributed by atoms with Gasteiger partial charge in [-0.25, -0.2) is 9.18 Å². The smallest absolute Gasteiger partial charge is 0.341 e. The number of carbonyl (C=O) groups is 1. The molecule has 2 aliphatic rings. The van der Waals surface area contributed by atoms with Crippen LogP contribution in [0.2, 0.25) is 0 Å². The fourth-order valence-corrected chi connectivity index (χ4v) is 4.47. The van der Waals surface area contributed by atoms with Crippen molar-refractivity contribution in [2.45, 2.75) is 38.6 Å². The number of benzene rings is 1. The predicted molar refractivity (Wildman–Crippen MR) is 143 cm³/mol. The second-order valence-corrected chi connectivity index (χ2v) is 9.46. The maximum atomic E-state index is 14.6. The van der Waals surface area contributed by atoms with E-state index in [1.807, 2.05) is 21.6 Å². The molecule has 36 heavy (non-hydrogen) atoms. The van der Waals surface area contributed by atoms with E-state index in [2.05, 4.69) is 17.2 Å². The highest BCUT2D eigenvalue weighted by molar-refractivity contribution is 7.80. The number of nitrogens with two attached hydrogens (primary N) is 1. The van der Waals surface area contributed by atoms with Crippen molar-refractivity contribution in [1.29, 1.82) is 0 Å². The highest BCUT2D eigenvalue weighted by Crippen LogP contribution is 2.38. The zero-order valence-corrected chi connectivity index (χ0v) is 21.0. The fourth-order valence-electron chi connectivity index (χ4n) is 4.34. The Kier molecular flexibility index (Phi) is 7.95. The van der Waals surface area contributed by atoms with Crippen LogP contribution in [0.5, 0.6) is 0 Å². The molecule has 190 valence electrons. The molecular formula is C26H30FN5O3S. The monoisotopic (exact) mass is 511 g/mol. The minimum absolute atomic E-state index is 0.137. The van der Waals surface area contributed by atoms with E-state index in [4.69, 9.17) is 18.0 Å². The van der Waals surface area contributed by atoms with Crippen molar-refractivity contribution in [3.63, 3.8) is 0 Å². The molecule has 0 atom stereocenters. The lowest BCUT2D eigenvalue weighted by Crippen LogP contribution is -2.43. The third kappa shape index (κ3) is 5.71. The van der Waals surface area contributed by atoms with E-state index in [0.717, 1.165) is 50.0 Å². The molecule has 0 bridgehead atoms. The molecule has 8 nitrogen and oxygen atoms in total. The number of halogens is 1. The Bertz CT molecular complexity index is 1350. The van der Waals surface area contributed by atoms with Crippen LogP contribution in [0.3, 0.4) is 0 Å². The molecule has 1 aliphatic carbocycles. The highest BCUT2D eigenvalue weighted by Gasteiger charge is 2.28. The molecule has 3 aromatic rings. The number of nitrogens with zero attached hydrogens (tertiary/aromatic N) is 3. The van der Waals surface area contributed by atoms with Gasteiger partial charge in [0.25, 0.3) is 0 Å². The van der Waals surface area contributed by atoms with Gasteiger partial charge < -0.3 is 25.6 Å². The Morgan fingerprint density at radius 3 is 2.61 bits per heavy atom. The minimum Gasteiger partial charge on any atom is -0.477 e. The van der Waals surface area contributed by atoms with Gasteiger partial charge in [-0.05, 0) is 43.5 Å². The molecule has 10 heteroatoms. The zero-order valence-electron chi connectivity index (χ0n) is 20.2. The number of nitrogens with one attached hydrogen (secondary N) is 1. The Morgan fingerprint density at radius 2 is 2.00 bits per heavy atom. The fraction of sp³-hybridized carbons (Fsp3) is 0.385. The van der Waals surface area contributed by atoms with Crippen LogP contribution in [0.15, 0.2) is 41.5 Å². The van der Waals surface area contributed by atoms with Crippen molar-refractivity contribution in [1.82, 2.24) is 14.9 Å². The molecule has 1 aliphatic heterocycles. The topological polar surface area (TPSA) is 113 Å². The first kappa shape index (κ1) is 25.7. The quantitative estimate of drug-likeness (QED) is 0.432. The molecule has 0 spiro atoms. The maximum Gasteiger partial charge on any atom is 0.341 e. The van der Waals surface area contributed by atoms with Gasteiger partial charge in [-0.1, -0.05) is 25.6 Å². The number of carboxylic acid groups (broad SMARTS) is 1. The number of piperazine rings is 1. The van der Waals surface area contributed by atoms with Gasteiger partial charge in [-0.2, -0.15) is 0 Å². The summed E-state index contributed by atoms with van der Waals surface area (Å²) >= 11 is 4.86. The third-order valence-electron chi connectivity index (χ3n) is 6.34. The number of aryl methyl sites for hydroxylation is 1. The van der Waals surface area contributed by atoms with Crippen LogP contribution in [-0.4, -0.2) is 51.8 Å². The first-order chi connectivity index (χ1) is 17.3. The summed E-state index contributed by atoms with van der Waals surface area (Å²) in [5.74, 6) is -1.76. The molecule has 2 aromatic heterocycles. The molecule has 1 saturated heterocycles. The number of carboxylic acids is 1. The number of rotatable bonds is 6. The van der Waals surface area contributed by atoms with Gasteiger partial charge in [-0.3, -0.25) is 9.78 Å². The average Bonchev–Trinajstić information content (AvgIpc) is 3.71.